The van der Waals surface area contributed by atoms with E-state index in [2.05, 4.69) is 10.4 Å². The Morgan fingerprint density at radius 1 is 1.32 bits per heavy atom. The molecule has 0 atom stereocenters. The molecule has 0 fully saturated rings. The van der Waals surface area contributed by atoms with E-state index in [0.29, 0.717) is 23.7 Å². The number of nitrogens with one attached hydrogen (secondary N) is 1. The van der Waals surface area contributed by atoms with Gasteiger partial charge < -0.3 is 5.32 Å². The van der Waals surface area contributed by atoms with Crippen LogP contribution in [0.25, 0.3) is 0 Å². The van der Waals surface area contributed by atoms with Crippen molar-refractivity contribution < 1.29 is 4.79 Å². The fourth-order valence-corrected chi connectivity index (χ4v) is 1.75. The molecule has 1 N–H and O–H groups in total. The van der Waals surface area contributed by atoms with Crippen molar-refractivity contribution in [3.8, 4) is 0 Å². The van der Waals surface area contributed by atoms with Gasteiger partial charge in [0.05, 0.1) is 6.54 Å². The minimum Gasteiger partial charge on any atom is -0.350 e. The molecule has 0 saturated heterocycles. The molecule has 0 radical (unpaired) electrons. The first-order chi connectivity index (χ1) is 9.16. The highest BCUT2D eigenvalue weighted by molar-refractivity contribution is 6.30. The number of nitrogens with zero attached hydrogens (tertiary/aromatic N) is 2. The number of amides is 1. The third-order valence-corrected chi connectivity index (χ3v) is 2.72. The molecule has 1 aromatic heterocycles. The number of hydrogen-bond donors (Lipinski definition) is 1. The van der Waals surface area contributed by atoms with E-state index >= 15 is 0 Å². The zero-order valence-corrected chi connectivity index (χ0v) is 10.8. The van der Waals surface area contributed by atoms with Crippen molar-refractivity contribution in [2.24, 2.45) is 0 Å². The van der Waals surface area contributed by atoms with E-state index in [-0.39, 0.29) is 11.5 Å². The lowest BCUT2D eigenvalue weighted by molar-refractivity contribution is 0.0951. The van der Waals surface area contributed by atoms with Crippen LogP contribution < -0.4 is 10.9 Å². The summed E-state index contributed by atoms with van der Waals surface area (Å²) in [4.78, 5) is 23.2. The van der Waals surface area contributed by atoms with Crippen molar-refractivity contribution in [3.63, 3.8) is 0 Å². The van der Waals surface area contributed by atoms with Crippen molar-refractivity contribution in [1.29, 1.82) is 0 Å². The summed E-state index contributed by atoms with van der Waals surface area (Å²) in [5.74, 6) is -0.230. The van der Waals surface area contributed by atoms with Crippen molar-refractivity contribution in [1.82, 2.24) is 15.1 Å². The normalized spacial score (nSPS) is 10.2. The van der Waals surface area contributed by atoms with E-state index in [1.54, 1.807) is 30.3 Å². The molecular formula is C13H12ClN3O2. The Morgan fingerprint density at radius 3 is 2.89 bits per heavy atom. The second kappa shape index (κ2) is 6.15. The van der Waals surface area contributed by atoms with Gasteiger partial charge in [0.25, 0.3) is 11.5 Å². The summed E-state index contributed by atoms with van der Waals surface area (Å²) in [5.41, 5.74) is 0.292. The van der Waals surface area contributed by atoms with Crippen LogP contribution in [0.5, 0.6) is 0 Å². The summed E-state index contributed by atoms with van der Waals surface area (Å²) < 4.78 is 1.29. The molecule has 0 aliphatic heterocycles. The molecule has 2 rings (SSSR count). The summed E-state index contributed by atoms with van der Waals surface area (Å²) in [6.07, 6.45) is 1.53. The number of carbonyl (C=O) groups excluding carboxylic acids is 1. The van der Waals surface area contributed by atoms with Crippen molar-refractivity contribution >= 4 is 17.5 Å². The molecule has 0 bridgehead atoms. The number of carbonyl (C=O) groups is 1. The van der Waals surface area contributed by atoms with Crippen LogP contribution in [0.1, 0.15) is 10.4 Å². The van der Waals surface area contributed by atoms with Gasteiger partial charge in [0, 0.05) is 29.4 Å². The quantitative estimate of drug-likeness (QED) is 0.917. The molecular weight excluding hydrogens is 266 g/mol. The molecule has 0 saturated carbocycles. The molecule has 98 valence electrons. The van der Waals surface area contributed by atoms with E-state index in [1.165, 1.54) is 16.9 Å². The zero-order valence-electron chi connectivity index (χ0n) is 10.0. The maximum absolute atomic E-state index is 11.8. The van der Waals surface area contributed by atoms with Crippen LogP contribution in [0.2, 0.25) is 5.02 Å². The van der Waals surface area contributed by atoms with Crippen LogP contribution >= 0.6 is 11.6 Å². The van der Waals surface area contributed by atoms with Gasteiger partial charge in [-0.05, 0) is 24.3 Å². The van der Waals surface area contributed by atoms with Crippen LogP contribution in [0.3, 0.4) is 0 Å². The van der Waals surface area contributed by atoms with E-state index in [4.69, 9.17) is 11.6 Å². The van der Waals surface area contributed by atoms with Gasteiger partial charge in [-0.15, -0.1) is 0 Å². The molecule has 1 amide bonds. The summed E-state index contributed by atoms with van der Waals surface area (Å²) >= 11 is 5.80. The number of halogens is 1. The molecule has 1 aromatic carbocycles. The molecule has 0 aliphatic carbocycles. The Labute approximate surface area is 114 Å². The van der Waals surface area contributed by atoms with E-state index < -0.39 is 0 Å². The Hall–Kier alpha value is -2.14. The van der Waals surface area contributed by atoms with Crippen LogP contribution in [-0.4, -0.2) is 22.2 Å². The van der Waals surface area contributed by atoms with E-state index in [0.717, 1.165) is 0 Å². The first-order valence-electron chi connectivity index (χ1n) is 5.73. The Kier molecular flexibility index (Phi) is 4.30. The lowest BCUT2D eigenvalue weighted by Crippen LogP contribution is -2.31. The molecule has 2 aromatic rings. The molecule has 6 heteroatoms. The highest BCUT2D eigenvalue weighted by atomic mass is 35.5. The van der Waals surface area contributed by atoms with Gasteiger partial charge in [-0.3, -0.25) is 9.59 Å². The van der Waals surface area contributed by atoms with E-state index in [9.17, 15) is 9.59 Å². The van der Waals surface area contributed by atoms with Gasteiger partial charge in [-0.1, -0.05) is 17.7 Å². The first kappa shape index (κ1) is 13.3. The van der Waals surface area contributed by atoms with Gasteiger partial charge in [0.2, 0.25) is 0 Å². The second-order valence-corrected chi connectivity index (χ2v) is 4.29. The summed E-state index contributed by atoms with van der Waals surface area (Å²) in [7, 11) is 0. The third kappa shape index (κ3) is 3.66. The number of rotatable bonds is 4. The molecule has 0 aliphatic rings. The fraction of sp³-hybridized carbons (Fsp3) is 0.154. The standard InChI is InChI=1S/C13H12ClN3O2/c14-11-4-1-3-10(9-11)13(19)15-7-8-17-12(18)5-2-6-16-17/h1-6,9H,7-8H2,(H,15,19). The highest BCUT2D eigenvalue weighted by Crippen LogP contribution is 2.10. The minimum atomic E-state index is -0.230. The van der Waals surface area contributed by atoms with Crippen LogP contribution in [0.15, 0.2) is 47.4 Å². The summed E-state index contributed by atoms with van der Waals surface area (Å²) in [5, 5.41) is 7.11. The van der Waals surface area contributed by atoms with Gasteiger partial charge in [0.15, 0.2) is 0 Å². The summed E-state index contributed by atoms with van der Waals surface area (Å²) in [6.45, 7) is 0.647. The SMILES string of the molecule is O=C(NCCn1ncccc1=O)c1cccc(Cl)c1. The monoisotopic (exact) mass is 277 g/mol. The Balaban J connectivity index is 1.91. The number of aromatic nitrogens is 2. The molecule has 0 unspecified atom stereocenters. The number of hydrogen-bond acceptors (Lipinski definition) is 3. The lowest BCUT2D eigenvalue weighted by Gasteiger charge is -2.06. The molecule has 19 heavy (non-hydrogen) atoms. The molecule has 0 spiro atoms. The van der Waals surface area contributed by atoms with Gasteiger partial charge in [-0.2, -0.15) is 5.10 Å². The fourth-order valence-electron chi connectivity index (χ4n) is 1.56. The lowest BCUT2D eigenvalue weighted by atomic mass is 10.2. The topological polar surface area (TPSA) is 64.0 Å². The van der Waals surface area contributed by atoms with Crippen molar-refractivity contribution in [2.45, 2.75) is 6.54 Å². The van der Waals surface area contributed by atoms with Crippen molar-refractivity contribution in [3.05, 3.63) is 63.5 Å². The second-order valence-electron chi connectivity index (χ2n) is 3.85. The van der Waals surface area contributed by atoms with Gasteiger partial charge >= 0.3 is 0 Å². The smallest absolute Gasteiger partial charge is 0.266 e. The van der Waals surface area contributed by atoms with Crippen LogP contribution in [-0.2, 0) is 6.54 Å². The zero-order chi connectivity index (χ0) is 13.7. The number of benzene rings is 1. The van der Waals surface area contributed by atoms with E-state index in [1.807, 2.05) is 0 Å². The average molecular weight is 278 g/mol. The maximum atomic E-state index is 11.8. The minimum absolute atomic E-state index is 0.195. The average Bonchev–Trinajstić information content (AvgIpc) is 2.41. The highest BCUT2D eigenvalue weighted by Gasteiger charge is 2.05. The van der Waals surface area contributed by atoms with Crippen LogP contribution in [0, 0.1) is 0 Å². The van der Waals surface area contributed by atoms with Crippen LogP contribution in [0.4, 0.5) is 0 Å². The first-order valence-corrected chi connectivity index (χ1v) is 6.10. The Morgan fingerprint density at radius 2 is 2.16 bits per heavy atom. The largest absolute Gasteiger partial charge is 0.350 e. The molecule has 5 nitrogen and oxygen atoms in total. The predicted octanol–water partition coefficient (Wildman–Crippen LogP) is 1.33. The van der Waals surface area contributed by atoms with Gasteiger partial charge in [0.1, 0.15) is 0 Å². The summed E-state index contributed by atoms with van der Waals surface area (Å²) in [6, 6.07) is 9.67. The Bertz CT molecular complexity index is 640. The third-order valence-electron chi connectivity index (χ3n) is 2.48. The maximum Gasteiger partial charge on any atom is 0.266 e. The molecule has 1 heterocycles. The predicted molar refractivity (Wildman–Crippen MR) is 72.3 cm³/mol. The van der Waals surface area contributed by atoms with Crippen molar-refractivity contribution in [2.75, 3.05) is 6.54 Å². The van der Waals surface area contributed by atoms with Gasteiger partial charge in [-0.25, -0.2) is 4.68 Å².